The van der Waals surface area contributed by atoms with Gasteiger partial charge in [0.15, 0.2) is 0 Å². The minimum Gasteiger partial charge on any atom is -0.496 e. The molecule has 0 spiro atoms. The quantitative estimate of drug-likeness (QED) is 0.855. The molecule has 0 heterocycles. The van der Waals surface area contributed by atoms with Gasteiger partial charge in [-0.1, -0.05) is 42.5 Å². The highest BCUT2D eigenvalue weighted by Gasteiger charge is 2.17. The molecule has 2 rings (SSSR count). The number of aliphatic hydroxyl groups excluding tert-OH is 1. The Kier molecular flexibility index (Phi) is 5.37. The number of aliphatic hydroxyl groups is 1. The second-order valence-electron chi connectivity index (χ2n) is 5.28. The van der Waals surface area contributed by atoms with Crippen LogP contribution in [-0.4, -0.2) is 18.8 Å². The number of aryl methyl sites for hydroxylation is 1. The molecule has 0 radical (unpaired) electrons. The van der Waals surface area contributed by atoms with Crippen molar-refractivity contribution < 1.29 is 9.84 Å². The van der Waals surface area contributed by atoms with Gasteiger partial charge in [-0.2, -0.15) is 0 Å². The maximum absolute atomic E-state index is 9.65. The van der Waals surface area contributed by atoms with E-state index in [4.69, 9.17) is 4.74 Å². The highest BCUT2D eigenvalue weighted by Crippen LogP contribution is 2.28. The molecule has 0 amide bonds. The molecule has 0 saturated heterocycles. The monoisotopic (exact) mass is 285 g/mol. The molecular weight excluding hydrogens is 262 g/mol. The van der Waals surface area contributed by atoms with E-state index in [1.54, 1.807) is 7.11 Å². The highest BCUT2D eigenvalue weighted by molar-refractivity contribution is 5.39. The molecule has 0 aliphatic heterocycles. The van der Waals surface area contributed by atoms with Gasteiger partial charge < -0.3 is 15.2 Å². The normalized spacial score (nSPS) is 13.7. The van der Waals surface area contributed by atoms with Gasteiger partial charge in [0.1, 0.15) is 5.75 Å². The van der Waals surface area contributed by atoms with E-state index in [1.165, 1.54) is 5.56 Å². The standard InChI is InChI=1S/C18H23NO2/c1-13-9-10-16(18(11-13)21-3)14(2)19-17(12-20)15-7-5-4-6-8-15/h4-11,14,17,19-20H,12H2,1-3H3. The third kappa shape index (κ3) is 3.84. The Hall–Kier alpha value is -1.84. The van der Waals surface area contributed by atoms with Crippen molar-refractivity contribution in [2.75, 3.05) is 13.7 Å². The number of ether oxygens (including phenoxy) is 1. The Morgan fingerprint density at radius 3 is 2.48 bits per heavy atom. The van der Waals surface area contributed by atoms with Crippen LogP contribution in [-0.2, 0) is 0 Å². The number of hydrogen-bond donors (Lipinski definition) is 2. The Bertz CT molecular complexity index is 569. The van der Waals surface area contributed by atoms with Crippen molar-refractivity contribution in [3.63, 3.8) is 0 Å². The molecule has 0 aliphatic rings. The van der Waals surface area contributed by atoms with Gasteiger partial charge in [-0.05, 0) is 31.0 Å². The first kappa shape index (κ1) is 15.5. The van der Waals surface area contributed by atoms with Gasteiger partial charge in [0.2, 0.25) is 0 Å². The lowest BCUT2D eigenvalue weighted by atomic mass is 10.0. The van der Waals surface area contributed by atoms with Crippen molar-refractivity contribution in [1.29, 1.82) is 0 Å². The summed E-state index contributed by atoms with van der Waals surface area (Å²) in [6.45, 7) is 4.19. The molecule has 2 aromatic carbocycles. The van der Waals surface area contributed by atoms with Crippen molar-refractivity contribution in [3.8, 4) is 5.75 Å². The molecule has 2 aromatic rings. The summed E-state index contributed by atoms with van der Waals surface area (Å²) >= 11 is 0. The fraction of sp³-hybridized carbons (Fsp3) is 0.333. The van der Waals surface area contributed by atoms with E-state index in [0.29, 0.717) is 0 Å². The summed E-state index contributed by atoms with van der Waals surface area (Å²) in [6.07, 6.45) is 0. The molecular formula is C18H23NO2. The Morgan fingerprint density at radius 1 is 1.14 bits per heavy atom. The van der Waals surface area contributed by atoms with Gasteiger partial charge in [0, 0.05) is 11.6 Å². The average Bonchev–Trinajstić information content (AvgIpc) is 2.53. The van der Waals surface area contributed by atoms with Gasteiger partial charge in [0.05, 0.1) is 19.8 Å². The van der Waals surface area contributed by atoms with Gasteiger partial charge in [-0.3, -0.25) is 0 Å². The van der Waals surface area contributed by atoms with Gasteiger partial charge in [0.25, 0.3) is 0 Å². The van der Waals surface area contributed by atoms with E-state index in [-0.39, 0.29) is 18.7 Å². The molecule has 3 nitrogen and oxygen atoms in total. The van der Waals surface area contributed by atoms with Crippen LogP contribution in [0, 0.1) is 6.92 Å². The van der Waals surface area contributed by atoms with Crippen molar-refractivity contribution in [1.82, 2.24) is 5.32 Å². The average molecular weight is 285 g/mol. The van der Waals surface area contributed by atoms with Crippen LogP contribution >= 0.6 is 0 Å². The number of hydrogen-bond acceptors (Lipinski definition) is 3. The summed E-state index contributed by atoms with van der Waals surface area (Å²) < 4.78 is 5.47. The maximum Gasteiger partial charge on any atom is 0.123 e. The Morgan fingerprint density at radius 2 is 1.86 bits per heavy atom. The second-order valence-corrected chi connectivity index (χ2v) is 5.28. The third-order valence-corrected chi connectivity index (χ3v) is 3.69. The van der Waals surface area contributed by atoms with Crippen LogP contribution in [0.3, 0.4) is 0 Å². The van der Waals surface area contributed by atoms with Crippen molar-refractivity contribution in [2.24, 2.45) is 0 Å². The summed E-state index contributed by atoms with van der Waals surface area (Å²) in [5, 5.41) is 13.1. The zero-order valence-electron chi connectivity index (χ0n) is 12.8. The van der Waals surface area contributed by atoms with E-state index in [0.717, 1.165) is 16.9 Å². The fourth-order valence-corrected chi connectivity index (χ4v) is 2.51. The molecule has 2 atom stereocenters. The zero-order chi connectivity index (χ0) is 15.2. The van der Waals surface area contributed by atoms with Crippen LogP contribution in [0.25, 0.3) is 0 Å². The van der Waals surface area contributed by atoms with Crippen LogP contribution in [0.4, 0.5) is 0 Å². The summed E-state index contributed by atoms with van der Waals surface area (Å²) in [6, 6.07) is 16.2. The molecule has 0 bridgehead atoms. The maximum atomic E-state index is 9.65. The number of rotatable bonds is 6. The first-order chi connectivity index (χ1) is 10.2. The van der Waals surface area contributed by atoms with Crippen LogP contribution < -0.4 is 10.1 Å². The molecule has 0 saturated carbocycles. The van der Waals surface area contributed by atoms with Crippen LogP contribution in [0.2, 0.25) is 0 Å². The van der Waals surface area contributed by atoms with Crippen molar-refractivity contribution in [2.45, 2.75) is 25.9 Å². The molecule has 2 unspecified atom stereocenters. The van der Waals surface area contributed by atoms with Crippen molar-refractivity contribution >= 4 is 0 Å². The molecule has 2 N–H and O–H groups in total. The lowest BCUT2D eigenvalue weighted by Crippen LogP contribution is -2.27. The summed E-state index contributed by atoms with van der Waals surface area (Å²) in [7, 11) is 1.69. The van der Waals surface area contributed by atoms with E-state index in [2.05, 4.69) is 24.4 Å². The SMILES string of the molecule is COc1cc(C)ccc1C(C)NC(CO)c1ccccc1. The van der Waals surface area contributed by atoms with E-state index >= 15 is 0 Å². The number of nitrogens with one attached hydrogen (secondary N) is 1. The number of benzene rings is 2. The van der Waals surface area contributed by atoms with Gasteiger partial charge in [-0.15, -0.1) is 0 Å². The summed E-state index contributed by atoms with van der Waals surface area (Å²) in [4.78, 5) is 0. The first-order valence-electron chi connectivity index (χ1n) is 7.22. The molecule has 0 fully saturated rings. The Balaban J connectivity index is 2.18. The van der Waals surface area contributed by atoms with E-state index in [9.17, 15) is 5.11 Å². The summed E-state index contributed by atoms with van der Waals surface area (Å²) in [5.41, 5.74) is 3.35. The highest BCUT2D eigenvalue weighted by atomic mass is 16.5. The smallest absolute Gasteiger partial charge is 0.123 e. The third-order valence-electron chi connectivity index (χ3n) is 3.69. The fourth-order valence-electron chi connectivity index (χ4n) is 2.51. The lowest BCUT2D eigenvalue weighted by molar-refractivity contribution is 0.234. The second kappa shape index (κ2) is 7.25. The topological polar surface area (TPSA) is 41.5 Å². The van der Waals surface area contributed by atoms with Gasteiger partial charge >= 0.3 is 0 Å². The molecule has 112 valence electrons. The van der Waals surface area contributed by atoms with E-state index < -0.39 is 0 Å². The molecule has 0 aromatic heterocycles. The van der Waals surface area contributed by atoms with Crippen LogP contribution in [0.15, 0.2) is 48.5 Å². The minimum absolute atomic E-state index is 0.0581. The predicted molar refractivity (Wildman–Crippen MR) is 85.6 cm³/mol. The largest absolute Gasteiger partial charge is 0.496 e. The zero-order valence-corrected chi connectivity index (χ0v) is 12.8. The van der Waals surface area contributed by atoms with Crippen LogP contribution in [0.5, 0.6) is 5.75 Å². The molecule has 0 aliphatic carbocycles. The molecule has 21 heavy (non-hydrogen) atoms. The molecule has 3 heteroatoms. The first-order valence-corrected chi connectivity index (χ1v) is 7.22. The Labute approximate surface area is 126 Å². The van der Waals surface area contributed by atoms with Crippen LogP contribution in [0.1, 0.15) is 35.7 Å². The van der Waals surface area contributed by atoms with E-state index in [1.807, 2.05) is 43.3 Å². The number of methoxy groups -OCH3 is 1. The van der Waals surface area contributed by atoms with Crippen molar-refractivity contribution in [3.05, 3.63) is 65.2 Å². The minimum atomic E-state index is -0.0905. The summed E-state index contributed by atoms with van der Waals surface area (Å²) in [5.74, 6) is 0.875. The lowest BCUT2D eigenvalue weighted by Gasteiger charge is -2.24. The van der Waals surface area contributed by atoms with Gasteiger partial charge in [-0.25, -0.2) is 0 Å². The predicted octanol–water partition coefficient (Wildman–Crippen LogP) is 3.39.